The van der Waals surface area contributed by atoms with Gasteiger partial charge in [0.05, 0.1) is 12.1 Å². The summed E-state index contributed by atoms with van der Waals surface area (Å²) >= 11 is 0. The van der Waals surface area contributed by atoms with Crippen LogP contribution in [-0.4, -0.2) is 22.2 Å². The molecule has 0 spiro atoms. The van der Waals surface area contributed by atoms with Crippen molar-refractivity contribution in [3.05, 3.63) is 40.1 Å². The number of carboxylic acids is 1. The fraction of sp³-hybridized carbons (Fsp3) is 0.412. The monoisotopic (exact) mass is 303 g/mol. The van der Waals surface area contributed by atoms with E-state index in [1.165, 1.54) is 0 Å². The molecule has 0 saturated heterocycles. The van der Waals surface area contributed by atoms with Crippen molar-refractivity contribution in [3.8, 4) is 5.88 Å². The lowest BCUT2D eigenvalue weighted by Crippen LogP contribution is -2.22. The number of hydrogen-bond donors (Lipinski definition) is 1. The van der Waals surface area contributed by atoms with Gasteiger partial charge in [0.25, 0.3) is 0 Å². The van der Waals surface area contributed by atoms with Crippen molar-refractivity contribution >= 4 is 16.9 Å². The first-order valence-electron chi connectivity index (χ1n) is 7.63. The second kappa shape index (κ2) is 7.11. The summed E-state index contributed by atoms with van der Waals surface area (Å²) in [6.07, 6.45) is 2.89. The van der Waals surface area contributed by atoms with Crippen molar-refractivity contribution in [1.29, 1.82) is 0 Å². The minimum Gasteiger partial charge on any atom is -0.478 e. The number of nitrogens with zero attached hydrogens (tertiary/aromatic N) is 1. The number of fused-ring (bicyclic) bond motifs is 1. The van der Waals surface area contributed by atoms with Crippen LogP contribution in [0, 0.1) is 0 Å². The Labute approximate surface area is 129 Å². The fourth-order valence-electron chi connectivity index (χ4n) is 2.55. The maximum atomic E-state index is 12.5. The van der Waals surface area contributed by atoms with Crippen molar-refractivity contribution in [2.24, 2.45) is 0 Å². The summed E-state index contributed by atoms with van der Waals surface area (Å²) in [5.74, 6) is -1.08. The van der Waals surface area contributed by atoms with Crippen molar-refractivity contribution in [2.45, 2.75) is 39.7 Å². The van der Waals surface area contributed by atoms with Gasteiger partial charge in [-0.15, -0.1) is 0 Å². The molecule has 0 aliphatic heterocycles. The summed E-state index contributed by atoms with van der Waals surface area (Å²) in [6.45, 7) is 4.93. The first-order valence-corrected chi connectivity index (χ1v) is 7.63. The molecule has 0 amide bonds. The Morgan fingerprint density at radius 2 is 1.95 bits per heavy atom. The third-order valence-electron chi connectivity index (χ3n) is 3.64. The van der Waals surface area contributed by atoms with Gasteiger partial charge in [0.15, 0.2) is 5.56 Å². The maximum Gasteiger partial charge on any atom is 0.345 e. The zero-order valence-corrected chi connectivity index (χ0v) is 13.0. The van der Waals surface area contributed by atoms with Gasteiger partial charge >= 0.3 is 5.97 Å². The molecule has 0 aliphatic rings. The molecule has 2 rings (SSSR count). The van der Waals surface area contributed by atoms with Crippen LogP contribution < -0.4 is 10.2 Å². The Kier molecular flexibility index (Phi) is 5.20. The number of rotatable bonds is 7. The number of pyridine rings is 1. The molecule has 1 N–H and O–H groups in total. The normalized spacial score (nSPS) is 10.8. The molecule has 1 aromatic heterocycles. The second-order valence-corrected chi connectivity index (χ2v) is 5.13. The zero-order chi connectivity index (χ0) is 16.1. The van der Waals surface area contributed by atoms with E-state index >= 15 is 0 Å². The summed E-state index contributed by atoms with van der Waals surface area (Å²) in [7, 11) is 0. The highest BCUT2D eigenvalue weighted by Crippen LogP contribution is 2.23. The smallest absolute Gasteiger partial charge is 0.345 e. The Morgan fingerprint density at radius 3 is 2.59 bits per heavy atom. The minimum atomic E-state index is -1.25. The van der Waals surface area contributed by atoms with Crippen LogP contribution in [0.15, 0.2) is 29.1 Å². The zero-order valence-electron chi connectivity index (χ0n) is 13.0. The predicted octanol–water partition coefficient (Wildman–Crippen LogP) is 3.29. The Hall–Kier alpha value is -2.30. The average Bonchev–Trinajstić information content (AvgIpc) is 2.51. The molecular formula is C17H21NO4. The number of aryl methyl sites for hydroxylation is 1. The number of carboxylic acid groups (broad SMARTS) is 1. The lowest BCUT2D eigenvalue weighted by Gasteiger charge is -2.18. The first kappa shape index (κ1) is 16.1. The van der Waals surface area contributed by atoms with Gasteiger partial charge < -0.3 is 14.4 Å². The van der Waals surface area contributed by atoms with E-state index in [2.05, 4.69) is 6.92 Å². The standard InChI is InChI=1S/C17H21NO4/c1-3-5-8-11-22-16-14(17(20)21)15(19)12-9-6-7-10-13(12)18(16)4-2/h6-7,9-10H,3-5,8,11H2,1-2H3,(H,20,21). The van der Waals surface area contributed by atoms with Gasteiger partial charge in [0, 0.05) is 11.9 Å². The van der Waals surface area contributed by atoms with Gasteiger partial charge in [-0.05, 0) is 25.5 Å². The third-order valence-corrected chi connectivity index (χ3v) is 3.64. The molecule has 0 atom stereocenters. The largest absolute Gasteiger partial charge is 0.478 e. The fourth-order valence-corrected chi connectivity index (χ4v) is 2.55. The molecule has 0 bridgehead atoms. The van der Waals surface area contributed by atoms with Gasteiger partial charge in [-0.3, -0.25) is 4.79 Å². The summed E-state index contributed by atoms with van der Waals surface area (Å²) in [5, 5.41) is 9.84. The molecule has 0 saturated carbocycles. The van der Waals surface area contributed by atoms with Gasteiger partial charge in [-0.1, -0.05) is 31.9 Å². The van der Waals surface area contributed by atoms with Crippen molar-refractivity contribution in [3.63, 3.8) is 0 Å². The van der Waals surface area contributed by atoms with Crippen molar-refractivity contribution in [2.75, 3.05) is 6.61 Å². The molecule has 22 heavy (non-hydrogen) atoms. The number of ether oxygens (including phenoxy) is 1. The Morgan fingerprint density at radius 1 is 1.23 bits per heavy atom. The van der Waals surface area contributed by atoms with E-state index in [0.717, 1.165) is 19.3 Å². The second-order valence-electron chi connectivity index (χ2n) is 5.13. The number of unbranched alkanes of at least 4 members (excludes halogenated alkanes) is 2. The molecule has 118 valence electrons. The van der Waals surface area contributed by atoms with E-state index in [-0.39, 0.29) is 11.4 Å². The molecule has 1 aromatic carbocycles. The highest BCUT2D eigenvalue weighted by Gasteiger charge is 2.22. The van der Waals surface area contributed by atoms with E-state index in [9.17, 15) is 14.7 Å². The molecular weight excluding hydrogens is 282 g/mol. The Bertz CT molecular complexity index is 733. The van der Waals surface area contributed by atoms with Gasteiger partial charge in [-0.2, -0.15) is 0 Å². The molecule has 0 aliphatic carbocycles. The number of benzene rings is 1. The third kappa shape index (κ3) is 2.98. The highest BCUT2D eigenvalue weighted by atomic mass is 16.5. The topological polar surface area (TPSA) is 68.5 Å². The molecule has 0 fully saturated rings. The number of aromatic carboxylic acids is 1. The number of carbonyl (C=O) groups is 1. The van der Waals surface area contributed by atoms with Crippen LogP contribution in [-0.2, 0) is 6.54 Å². The lowest BCUT2D eigenvalue weighted by atomic mass is 10.1. The van der Waals surface area contributed by atoms with E-state index in [1.807, 2.05) is 19.1 Å². The van der Waals surface area contributed by atoms with Gasteiger partial charge in [0.2, 0.25) is 11.3 Å². The SMILES string of the molecule is CCCCCOc1c(C(=O)O)c(=O)c2ccccc2n1CC. The van der Waals surface area contributed by atoms with E-state index < -0.39 is 11.4 Å². The molecule has 2 aromatic rings. The summed E-state index contributed by atoms with van der Waals surface area (Å²) in [5.41, 5.74) is -0.0687. The summed E-state index contributed by atoms with van der Waals surface area (Å²) in [6, 6.07) is 7.02. The number of aromatic nitrogens is 1. The summed E-state index contributed by atoms with van der Waals surface area (Å²) in [4.78, 5) is 24.0. The van der Waals surface area contributed by atoms with E-state index in [1.54, 1.807) is 16.7 Å². The molecule has 0 radical (unpaired) electrons. The van der Waals surface area contributed by atoms with Crippen LogP contribution >= 0.6 is 0 Å². The lowest BCUT2D eigenvalue weighted by molar-refractivity contribution is 0.0688. The van der Waals surface area contributed by atoms with Gasteiger partial charge in [-0.25, -0.2) is 4.79 Å². The highest BCUT2D eigenvalue weighted by molar-refractivity contribution is 5.95. The van der Waals surface area contributed by atoms with Crippen LogP contribution in [0.4, 0.5) is 0 Å². The van der Waals surface area contributed by atoms with E-state index in [4.69, 9.17) is 4.74 Å². The number of para-hydroxylation sites is 1. The Balaban J connectivity index is 2.62. The number of hydrogen-bond acceptors (Lipinski definition) is 3. The quantitative estimate of drug-likeness (QED) is 0.797. The van der Waals surface area contributed by atoms with Crippen LogP contribution in [0.2, 0.25) is 0 Å². The van der Waals surface area contributed by atoms with Crippen LogP contribution in [0.5, 0.6) is 5.88 Å². The van der Waals surface area contributed by atoms with Gasteiger partial charge in [0.1, 0.15) is 0 Å². The predicted molar refractivity (Wildman–Crippen MR) is 85.9 cm³/mol. The van der Waals surface area contributed by atoms with Crippen molar-refractivity contribution in [1.82, 2.24) is 4.57 Å². The van der Waals surface area contributed by atoms with Crippen LogP contribution in [0.25, 0.3) is 10.9 Å². The average molecular weight is 303 g/mol. The summed E-state index contributed by atoms with van der Waals surface area (Å²) < 4.78 is 7.45. The maximum absolute atomic E-state index is 12.5. The van der Waals surface area contributed by atoms with Crippen LogP contribution in [0.1, 0.15) is 43.5 Å². The first-order chi connectivity index (χ1) is 10.6. The molecule has 5 heteroatoms. The van der Waals surface area contributed by atoms with Crippen molar-refractivity contribution < 1.29 is 14.6 Å². The minimum absolute atomic E-state index is 0.162. The molecule has 0 unspecified atom stereocenters. The molecule has 5 nitrogen and oxygen atoms in total. The van der Waals surface area contributed by atoms with Crippen LogP contribution in [0.3, 0.4) is 0 Å². The molecule has 1 heterocycles. The van der Waals surface area contributed by atoms with E-state index in [0.29, 0.717) is 24.1 Å².